The summed E-state index contributed by atoms with van der Waals surface area (Å²) in [4.78, 5) is 23.9. The maximum absolute atomic E-state index is 12.3. The first-order chi connectivity index (χ1) is 15.9. The third-order valence-electron chi connectivity index (χ3n) is 6.75. The van der Waals surface area contributed by atoms with E-state index < -0.39 is 17.5 Å². The lowest BCUT2D eigenvalue weighted by molar-refractivity contribution is -0.140. The minimum Gasteiger partial charge on any atom is -0.481 e. The van der Waals surface area contributed by atoms with E-state index in [1.165, 1.54) is 0 Å². The monoisotopic (exact) mass is 446 g/mol. The van der Waals surface area contributed by atoms with E-state index in [1.54, 1.807) is 6.92 Å². The van der Waals surface area contributed by atoms with Crippen molar-refractivity contribution in [3.63, 3.8) is 0 Å². The van der Waals surface area contributed by atoms with Crippen molar-refractivity contribution in [2.75, 3.05) is 5.32 Å². The van der Waals surface area contributed by atoms with E-state index in [1.807, 2.05) is 55.5 Å². The van der Waals surface area contributed by atoms with Crippen LogP contribution in [0.4, 0.5) is 10.5 Å². The van der Waals surface area contributed by atoms with Crippen molar-refractivity contribution in [2.24, 2.45) is 5.92 Å². The zero-order valence-electron chi connectivity index (χ0n) is 18.6. The molecule has 7 nitrogen and oxygen atoms in total. The normalized spacial score (nSPS) is 17.3. The molecule has 170 valence electrons. The van der Waals surface area contributed by atoms with Gasteiger partial charge in [0.15, 0.2) is 5.76 Å². The second kappa shape index (κ2) is 8.06. The van der Waals surface area contributed by atoms with Crippen LogP contribution in [0, 0.1) is 12.8 Å². The van der Waals surface area contributed by atoms with E-state index in [9.17, 15) is 14.7 Å². The number of carboxylic acid groups (broad SMARTS) is 1. The van der Waals surface area contributed by atoms with Crippen molar-refractivity contribution in [1.82, 2.24) is 5.16 Å². The number of carbonyl (C=O) groups is 2. The number of nitrogens with one attached hydrogen (secondary N) is 1. The highest BCUT2D eigenvalue weighted by atomic mass is 16.6. The Balaban J connectivity index is 1.32. The molecule has 1 atom stereocenters. The van der Waals surface area contributed by atoms with Gasteiger partial charge in [0.1, 0.15) is 17.5 Å². The Morgan fingerprint density at radius 3 is 2.18 bits per heavy atom. The summed E-state index contributed by atoms with van der Waals surface area (Å²) in [5.41, 5.74) is 4.00. The van der Waals surface area contributed by atoms with Crippen LogP contribution in [0.25, 0.3) is 22.5 Å². The molecule has 2 N–H and O–H groups in total. The second-order valence-electron chi connectivity index (χ2n) is 9.09. The molecule has 2 saturated carbocycles. The molecule has 3 aromatic rings. The third-order valence-corrected chi connectivity index (χ3v) is 6.75. The number of aliphatic carboxylic acids is 1. The summed E-state index contributed by atoms with van der Waals surface area (Å²) in [5, 5.41) is 16.3. The highest BCUT2D eigenvalue weighted by Gasteiger charge is 2.51. The fourth-order valence-electron chi connectivity index (χ4n) is 4.22. The van der Waals surface area contributed by atoms with Gasteiger partial charge in [0.2, 0.25) is 0 Å². The Morgan fingerprint density at radius 1 is 1.06 bits per heavy atom. The van der Waals surface area contributed by atoms with Gasteiger partial charge in [0.05, 0.1) is 5.41 Å². The van der Waals surface area contributed by atoms with E-state index in [4.69, 9.17) is 9.26 Å². The molecule has 1 heterocycles. The van der Waals surface area contributed by atoms with Crippen LogP contribution in [0.2, 0.25) is 0 Å². The average Bonchev–Trinajstić information content (AvgIpc) is 3.73. The molecule has 1 aromatic heterocycles. The van der Waals surface area contributed by atoms with Crippen molar-refractivity contribution in [3.05, 3.63) is 59.8 Å². The second-order valence-corrected chi connectivity index (χ2v) is 9.09. The van der Waals surface area contributed by atoms with Gasteiger partial charge in [0.25, 0.3) is 0 Å². The van der Waals surface area contributed by atoms with Crippen molar-refractivity contribution in [1.29, 1.82) is 0 Å². The van der Waals surface area contributed by atoms with Crippen LogP contribution in [0.1, 0.15) is 43.9 Å². The lowest BCUT2D eigenvalue weighted by atomic mass is 9.93. The van der Waals surface area contributed by atoms with Crippen molar-refractivity contribution >= 4 is 17.7 Å². The number of amides is 1. The molecule has 0 bridgehead atoms. The predicted molar refractivity (Wildman–Crippen MR) is 123 cm³/mol. The molecular formula is C26H26N2O5. The zero-order chi connectivity index (χ0) is 23.2. The molecule has 1 amide bonds. The fraction of sp³-hybridized carbons (Fsp3) is 0.346. The van der Waals surface area contributed by atoms with E-state index in [0.717, 1.165) is 35.1 Å². The van der Waals surface area contributed by atoms with E-state index in [2.05, 4.69) is 10.5 Å². The number of rotatable bonds is 7. The van der Waals surface area contributed by atoms with Gasteiger partial charge in [-0.1, -0.05) is 53.7 Å². The minimum atomic E-state index is -0.753. The van der Waals surface area contributed by atoms with Crippen LogP contribution in [0.5, 0.6) is 0 Å². The number of carboxylic acids is 1. The number of ether oxygens (including phenoxy) is 1. The molecule has 0 radical (unpaired) electrons. The molecule has 5 rings (SSSR count). The lowest BCUT2D eigenvalue weighted by Gasteiger charge is -2.13. The van der Waals surface area contributed by atoms with Crippen molar-refractivity contribution in [2.45, 2.75) is 51.0 Å². The highest BCUT2D eigenvalue weighted by molar-refractivity contribution is 5.91. The zero-order valence-corrected chi connectivity index (χ0v) is 18.6. The fourth-order valence-corrected chi connectivity index (χ4v) is 4.22. The lowest BCUT2D eigenvalue weighted by Crippen LogP contribution is -2.21. The van der Waals surface area contributed by atoms with Gasteiger partial charge in [-0.15, -0.1) is 0 Å². The van der Waals surface area contributed by atoms with Gasteiger partial charge in [-0.25, -0.2) is 4.79 Å². The number of aryl methyl sites for hydroxylation is 1. The summed E-state index contributed by atoms with van der Waals surface area (Å²) < 4.78 is 11.0. The van der Waals surface area contributed by atoms with E-state index in [-0.39, 0.29) is 6.10 Å². The quantitative estimate of drug-likeness (QED) is 0.477. The first kappa shape index (κ1) is 21.2. The smallest absolute Gasteiger partial charge is 0.412 e. The summed E-state index contributed by atoms with van der Waals surface area (Å²) in [5.74, 6) is 0.180. The van der Waals surface area contributed by atoms with Gasteiger partial charge in [0, 0.05) is 5.56 Å². The van der Waals surface area contributed by atoms with Crippen LogP contribution in [0.3, 0.4) is 0 Å². The molecule has 33 heavy (non-hydrogen) atoms. The molecule has 7 heteroatoms. The molecule has 2 aliphatic rings. The number of carbonyl (C=O) groups excluding carboxylic acids is 1. The van der Waals surface area contributed by atoms with Gasteiger partial charge in [-0.05, 0) is 62.1 Å². The van der Waals surface area contributed by atoms with E-state index in [0.29, 0.717) is 35.9 Å². The standard InChI is InChI=1S/C26H26N2O5/c1-15-22(27-25(31)32-16(2)17-3-4-17)23(33-28-15)20-7-5-18(6-8-20)19-9-11-21(12-10-19)26(13-14-26)24(29)30/h5-12,16-17H,3-4,13-14H2,1-2H3,(H,27,31)(H,29,30)/t16-/m1/s1. The Bertz CT molecular complexity index is 1190. The van der Waals surface area contributed by atoms with Crippen molar-refractivity contribution in [3.8, 4) is 22.5 Å². The number of benzene rings is 2. The number of hydrogen-bond acceptors (Lipinski definition) is 5. The molecule has 2 aliphatic carbocycles. The molecule has 2 fully saturated rings. The summed E-state index contributed by atoms with van der Waals surface area (Å²) in [6.45, 7) is 3.68. The Kier molecular flexibility index (Phi) is 5.19. The van der Waals surface area contributed by atoms with Gasteiger partial charge < -0.3 is 14.4 Å². The molecule has 0 unspecified atom stereocenters. The first-order valence-corrected chi connectivity index (χ1v) is 11.3. The summed E-state index contributed by atoms with van der Waals surface area (Å²) >= 11 is 0. The number of aromatic nitrogens is 1. The first-order valence-electron chi connectivity index (χ1n) is 11.3. The number of nitrogens with zero attached hydrogens (tertiary/aromatic N) is 1. The highest BCUT2D eigenvalue weighted by Crippen LogP contribution is 2.48. The Hall–Kier alpha value is -3.61. The van der Waals surface area contributed by atoms with Crippen LogP contribution in [0.15, 0.2) is 53.1 Å². The number of anilines is 1. The minimum absolute atomic E-state index is 0.107. The van der Waals surface area contributed by atoms with Gasteiger partial charge in [-0.3, -0.25) is 10.1 Å². The Morgan fingerprint density at radius 2 is 1.64 bits per heavy atom. The predicted octanol–water partition coefficient (Wildman–Crippen LogP) is 5.78. The summed E-state index contributed by atoms with van der Waals surface area (Å²) in [6, 6.07) is 15.5. The maximum Gasteiger partial charge on any atom is 0.412 e. The summed E-state index contributed by atoms with van der Waals surface area (Å²) in [7, 11) is 0. The molecular weight excluding hydrogens is 420 g/mol. The SMILES string of the molecule is Cc1noc(-c2ccc(-c3ccc(C4(C(=O)O)CC4)cc3)cc2)c1NC(=O)O[C@H](C)C1CC1. The molecule has 0 saturated heterocycles. The van der Waals surface area contributed by atoms with Crippen molar-refractivity contribution < 1.29 is 24.0 Å². The van der Waals surface area contributed by atoms with Crippen LogP contribution in [-0.4, -0.2) is 28.4 Å². The Labute approximate surface area is 191 Å². The summed E-state index contributed by atoms with van der Waals surface area (Å²) in [6.07, 6.45) is 2.97. The van der Waals surface area contributed by atoms with Crippen LogP contribution >= 0.6 is 0 Å². The van der Waals surface area contributed by atoms with Crippen LogP contribution < -0.4 is 5.32 Å². The van der Waals surface area contributed by atoms with Crippen LogP contribution in [-0.2, 0) is 14.9 Å². The molecule has 2 aromatic carbocycles. The topological polar surface area (TPSA) is 102 Å². The van der Waals surface area contributed by atoms with E-state index >= 15 is 0 Å². The van der Waals surface area contributed by atoms with Gasteiger partial charge in [-0.2, -0.15) is 0 Å². The van der Waals surface area contributed by atoms with Gasteiger partial charge >= 0.3 is 12.1 Å². The number of hydrogen-bond donors (Lipinski definition) is 2. The third kappa shape index (κ3) is 4.11. The largest absolute Gasteiger partial charge is 0.481 e. The molecule has 0 spiro atoms. The maximum atomic E-state index is 12.3. The average molecular weight is 447 g/mol. The molecule has 0 aliphatic heterocycles.